The Morgan fingerprint density at radius 3 is 2.68 bits per heavy atom. The molecule has 2 amide bonds. The number of hydrogen-bond donors (Lipinski definition) is 1. The molecule has 0 aliphatic carbocycles. The molecule has 7 nitrogen and oxygen atoms in total. The standard InChI is InChI=1S/C18H20N4O3/c23-16-7-6-13(8-19-16)18(24)22-9-14(12-4-2-1-3-5-12)15(10-22)17-20-11-25-21-17/h1-5,11,13-15H,6-10H2,(H,19,23). The van der Waals surface area contributed by atoms with E-state index in [9.17, 15) is 9.59 Å². The number of amides is 2. The summed E-state index contributed by atoms with van der Waals surface area (Å²) in [6.45, 7) is 1.63. The molecule has 4 rings (SSSR count). The van der Waals surface area contributed by atoms with E-state index < -0.39 is 0 Å². The highest BCUT2D eigenvalue weighted by Gasteiger charge is 2.41. The Morgan fingerprint density at radius 1 is 1.20 bits per heavy atom. The van der Waals surface area contributed by atoms with Crippen LogP contribution >= 0.6 is 0 Å². The molecule has 2 aromatic rings. The van der Waals surface area contributed by atoms with E-state index in [1.54, 1.807) is 0 Å². The van der Waals surface area contributed by atoms with Gasteiger partial charge in [-0.15, -0.1) is 0 Å². The quantitative estimate of drug-likeness (QED) is 0.910. The molecule has 2 fully saturated rings. The molecule has 0 saturated carbocycles. The minimum Gasteiger partial charge on any atom is -0.355 e. The third-order valence-corrected chi connectivity index (χ3v) is 5.18. The summed E-state index contributed by atoms with van der Waals surface area (Å²) in [6.07, 6.45) is 2.36. The molecular weight excluding hydrogens is 320 g/mol. The van der Waals surface area contributed by atoms with Crippen molar-refractivity contribution in [3.8, 4) is 0 Å². The van der Waals surface area contributed by atoms with Gasteiger partial charge in [0, 0.05) is 37.9 Å². The zero-order valence-electron chi connectivity index (χ0n) is 13.8. The molecule has 2 saturated heterocycles. The maximum absolute atomic E-state index is 12.9. The molecule has 1 N–H and O–H groups in total. The summed E-state index contributed by atoms with van der Waals surface area (Å²) >= 11 is 0. The molecule has 130 valence electrons. The van der Waals surface area contributed by atoms with Crippen molar-refractivity contribution in [2.75, 3.05) is 19.6 Å². The van der Waals surface area contributed by atoms with Gasteiger partial charge in [0.05, 0.1) is 5.92 Å². The van der Waals surface area contributed by atoms with Crippen LogP contribution in [-0.4, -0.2) is 46.5 Å². The lowest BCUT2D eigenvalue weighted by molar-refractivity contribution is -0.136. The first-order valence-corrected chi connectivity index (χ1v) is 8.59. The van der Waals surface area contributed by atoms with Crippen molar-refractivity contribution in [2.45, 2.75) is 24.7 Å². The van der Waals surface area contributed by atoms with E-state index >= 15 is 0 Å². The molecule has 2 aliphatic rings. The first-order chi connectivity index (χ1) is 12.2. The smallest absolute Gasteiger partial charge is 0.227 e. The van der Waals surface area contributed by atoms with Crippen molar-refractivity contribution in [3.05, 3.63) is 48.1 Å². The summed E-state index contributed by atoms with van der Waals surface area (Å²) in [6, 6.07) is 10.1. The molecule has 7 heteroatoms. The SMILES string of the molecule is O=C1CCC(C(=O)N2CC(c3ccccc3)C(c3ncon3)C2)CN1. The summed E-state index contributed by atoms with van der Waals surface area (Å²) in [5.41, 5.74) is 1.17. The van der Waals surface area contributed by atoms with E-state index in [2.05, 4.69) is 27.6 Å². The maximum Gasteiger partial charge on any atom is 0.227 e. The Kier molecular flexibility index (Phi) is 4.21. The van der Waals surface area contributed by atoms with Gasteiger partial charge in [-0.05, 0) is 12.0 Å². The van der Waals surface area contributed by atoms with Crippen molar-refractivity contribution in [1.82, 2.24) is 20.4 Å². The second-order valence-corrected chi connectivity index (χ2v) is 6.70. The van der Waals surface area contributed by atoms with Crippen LogP contribution in [0.2, 0.25) is 0 Å². The van der Waals surface area contributed by atoms with Crippen LogP contribution in [0.3, 0.4) is 0 Å². The summed E-state index contributed by atoms with van der Waals surface area (Å²) in [7, 11) is 0. The number of hydrogen-bond acceptors (Lipinski definition) is 5. The fourth-order valence-corrected chi connectivity index (χ4v) is 3.83. The molecule has 0 spiro atoms. The Bertz CT molecular complexity index is 737. The molecule has 25 heavy (non-hydrogen) atoms. The molecule has 3 heterocycles. The first kappa shape index (κ1) is 15.8. The van der Waals surface area contributed by atoms with Gasteiger partial charge < -0.3 is 14.7 Å². The average Bonchev–Trinajstić information content (AvgIpc) is 3.32. The predicted octanol–water partition coefficient (Wildman–Crippen LogP) is 1.31. The second kappa shape index (κ2) is 6.66. The van der Waals surface area contributed by atoms with Crippen molar-refractivity contribution in [3.63, 3.8) is 0 Å². The number of nitrogens with one attached hydrogen (secondary N) is 1. The lowest BCUT2D eigenvalue weighted by atomic mass is 9.88. The van der Waals surface area contributed by atoms with Crippen molar-refractivity contribution < 1.29 is 14.1 Å². The van der Waals surface area contributed by atoms with Gasteiger partial charge >= 0.3 is 0 Å². The van der Waals surface area contributed by atoms with Crippen LogP contribution in [0.5, 0.6) is 0 Å². The van der Waals surface area contributed by atoms with E-state index in [0.29, 0.717) is 38.3 Å². The normalized spacial score (nSPS) is 26.5. The minimum absolute atomic E-state index is 0.0169. The highest BCUT2D eigenvalue weighted by atomic mass is 16.5. The molecule has 3 atom stereocenters. The van der Waals surface area contributed by atoms with Gasteiger partial charge in [-0.3, -0.25) is 9.59 Å². The van der Waals surface area contributed by atoms with E-state index in [1.165, 1.54) is 12.0 Å². The fourth-order valence-electron chi connectivity index (χ4n) is 3.83. The molecule has 0 bridgehead atoms. The topological polar surface area (TPSA) is 88.3 Å². The molecule has 0 radical (unpaired) electrons. The highest BCUT2D eigenvalue weighted by Crippen LogP contribution is 2.39. The van der Waals surface area contributed by atoms with Crippen LogP contribution in [0.1, 0.15) is 36.1 Å². The summed E-state index contributed by atoms with van der Waals surface area (Å²) in [4.78, 5) is 30.4. The van der Waals surface area contributed by atoms with Crippen LogP contribution in [0.25, 0.3) is 0 Å². The lowest BCUT2D eigenvalue weighted by Crippen LogP contribution is -2.44. The van der Waals surface area contributed by atoms with Gasteiger partial charge in [-0.25, -0.2) is 0 Å². The number of carbonyl (C=O) groups excluding carboxylic acids is 2. The Labute approximate surface area is 145 Å². The monoisotopic (exact) mass is 340 g/mol. The van der Waals surface area contributed by atoms with Gasteiger partial charge in [-0.1, -0.05) is 35.5 Å². The van der Waals surface area contributed by atoms with E-state index in [-0.39, 0.29) is 29.6 Å². The minimum atomic E-state index is -0.141. The zero-order chi connectivity index (χ0) is 17.2. The third-order valence-electron chi connectivity index (χ3n) is 5.18. The Hall–Kier alpha value is -2.70. The molecule has 3 unspecified atom stereocenters. The van der Waals surface area contributed by atoms with Crippen LogP contribution in [0.4, 0.5) is 0 Å². The van der Waals surface area contributed by atoms with Gasteiger partial charge in [0.1, 0.15) is 0 Å². The van der Waals surface area contributed by atoms with Crippen LogP contribution in [0.15, 0.2) is 41.2 Å². The summed E-state index contributed by atoms with van der Waals surface area (Å²) in [5.74, 6) is 0.785. The van der Waals surface area contributed by atoms with Gasteiger partial charge in [0.2, 0.25) is 18.2 Å². The number of rotatable bonds is 3. The maximum atomic E-state index is 12.9. The lowest BCUT2D eigenvalue weighted by Gasteiger charge is -2.26. The highest BCUT2D eigenvalue weighted by molar-refractivity contribution is 5.84. The number of carbonyl (C=O) groups is 2. The van der Waals surface area contributed by atoms with E-state index in [1.807, 2.05) is 23.1 Å². The van der Waals surface area contributed by atoms with Crippen LogP contribution in [0, 0.1) is 5.92 Å². The number of nitrogens with zero attached hydrogens (tertiary/aromatic N) is 3. The fraction of sp³-hybridized carbons (Fsp3) is 0.444. The largest absolute Gasteiger partial charge is 0.355 e. The predicted molar refractivity (Wildman–Crippen MR) is 88.5 cm³/mol. The van der Waals surface area contributed by atoms with Crippen molar-refractivity contribution >= 4 is 11.8 Å². The zero-order valence-corrected chi connectivity index (χ0v) is 13.8. The Morgan fingerprint density at radius 2 is 2.00 bits per heavy atom. The van der Waals surface area contributed by atoms with Crippen molar-refractivity contribution in [2.24, 2.45) is 5.92 Å². The molecule has 1 aromatic carbocycles. The number of likely N-dealkylation sites (tertiary alicyclic amines) is 1. The van der Waals surface area contributed by atoms with Gasteiger partial charge in [0.25, 0.3) is 0 Å². The Balaban J connectivity index is 1.55. The van der Waals surface area contributed by atoms with Gasteiger partial charge in [0.15, 0.2) is 5.82 Å². The number of benzene rings is 1. The molecule has 1 aromatic heterocycles. The number of aromatic nitrogens is 2. The third kappa shape index (κ3) is 3.14. The molecular formula is C18H20N4O3. The van der Waals surface area contributed by atoms with E-state index in [0.717, 1.165) is 0 Å². The molecule has 2 aliphatic heterocycles. The van der Waals surface area contributed by atoms with E-state index in [4.69, 9.17) is 4.52 Å². The first-order valence-electron chi connectivity index (χ1n) is 8.59. The summed E-state index contributed by atoms with van der Waals surface area (Å²) < 4.78 is 4.92. The van der Waals surface area contributed by atoms with Crippen LogP contribution in [-0.2, 0) is 9.59 Å². The second-order valence-electron chi connectivity index (χ2n) is 6.70. The summed E-state index contributed by atoms with van der Waals surface area (Å²) in [5, 5.41) is 6.80. The van der Waals surface area contributed by atoms with Crippen molar-refractivity contribution in [1.29, 1.82) is 0 Å². The van der Waals surface area contributed by atoms with Crippen LogP contribution < -0.4 is 5.32 Å². The van der Waals surface area contributed by atoms with Gasteiger partial charge in [-0.2, -0.15) is 4.98 Å². The number of piperidine rings is 1. The average molecular weight is 340 g/mol.